The Morgan fingerprint density at radius 2 is 0.929 bits per heavy atom. The molecule has 4 aliphatic rings. The lowest BCUT2D eigenvalue weighted by Gasteiger charge is -2.11. The van der Waals surface area contributed by atoms with Crippen molar-refractivity contribution >= 4 is 76.6 Å². The van der Waals surface area contributed by atoms with E-state index in [0.29, 0.717) is 73.1 Å². The summed E-state index contributed by atoms with van der Waals surface area (Å²) < 4.78 is 48.1. The van der Waals surface area contributed by atoms with Crippen LogP contribution >= 0.6 is 15.9 Å². The van der Waals surface area contributed by atoms with E-state index < -0.39 is 8.80 Å². The number of anilines is 3. The molecule has 0 saturated carbocycles. The minimum atomic E-state index is -0.994. The first-order valence-corrected chi connectivity index (χ1v) is 26.0. The lowest BCUT2D eigenvalue weighted by atomic mass is 9.98. The predicted molar refractivity (Wildman–Crippen MR) is 277 cm³/mol. The van der Waals surface area contributed by atoms with Crippen molar-refractivity contribution in [3.05, 3.63) is 194 Å². The van der Waals surface area contributed by atoms with Gasteiger partial charge in [0.15, 0.2) is 0 Å². The Kier molecular flexibility index (Phi) is 17.2. The summed E-state index contributed by atoms with van der Waals surface area (Å²) in [6, 6.07) is 35.4. The highest BCUT2D eigenvalue weighted by molar-refractivity contribution is 9.10. The maximum absolute atomic E-state index is 14.2. The van der Waals surface area contributed by atoms with E-state index in [-0.39, 0.29) is 54.8 Å². The number of carbonyl (C=O) groups excluding carboxylic acids is 3. The van der Waals surface area contributed by atoms with E-state index in [0.717, 1.165) is 23.2 Å². The minimum Gasteiger partial charge on any atom is -0.381 e. The van der Waals surface area contributed by atoms with Crippen molar-refractivity contribution in [2.75, 3.05) is 48.8 Å². The van der Waals surface area contributed by atoms with E-state index in [1.165, 1.54) is 31.0 Å². The molecule has 6 aromatic rings. The van der Waals surface area contributed by atoms with Gasteiger partial charge in [0.05, 0.1) is 34.2 Å². The average molecular weight is 1020 g/mol. The second-order valence-electron chi connectivity index (χ2n) is 16.2. The van der Waals surface area contributed by atoms with E-state index in [9.17, 15) is 27.6 Å². The number of halogens is 4. The van der Waals surface area contributed by atoms with E-state index >= 15 is 0 Å². The van der Waals surface area contributed by atoms with Crippen LogP contribution in [0.25, 0.3) is 0 Å². The summed E-state index contributed by atoms with van der Waals surface area (Å²) in [5, 5.41) is 8.34. The van der Waals surface area contributed by atoms with Gasteiger partial charge in [-0.2, -0.15) is 0 Å². The zero-order chi connectivity index (χ0) is 49.6. The third kappa shape index (κ3) is 13.1. The van der Waals surface area contributed by atoms with Crippen LogP contribution in [0.2, 0.25) is 13.1 Å². The fourth-order valence-corrected chi connectivity index (χ4v) is 8.17. The molecule has 0 spiro atoms. The highest BCUT2D eigenvalue weighted by atomic mass is 79.9. The maximum Gasteiger partial charge on any atom is 0.246 e. The van der Waals surface area contributed by atoms with Crippen LogP contribution < -0.4 is 16.0 Å². The number of nitrogens with zero attached hydrogens (tertiary/aromatic N) is 3. The number of hydrogen-bond acceptors (Lipinski definition) is 7. The smallest absolute Gasteiger partial charge is 0.246 e. The number of rotatable bonds is 3. The summed E-state index contributed by atoms with van der Waals surface area (Å²) in [5.74, 6) is 3.94. The number of amides is 3. The van der Waals surface area contributed by atoms with Crippen LogP contribution in [0.15, 0.2) is 147 Å². The molecule has 15 heteroatoms. The number of fused-ring (bicyclic) bond motifs is 3. The van der Waals surface area contributed by atoms with Gasteiger partial charge in [-0.3, -0.25) is 29.4 Å². The van der Waals surface area contributed by atoms with Crippen LogP contribution in [0.1, 0.15) is 57.3 Å². The molecule has 0 bridgehead atoms. The second kappa shape index (κ2) is 24.0. The SMILES string of the molecule is C#Cc1ccc2c(c1)C(c1ccccc1F)=NCC(=O)N2.C1CCOC1.C[SiH](C)C#Cc1ccc2c(c1)C(c1ccccc1F)=NCC(=O)N2.O=C1CN=C(c2ccccc2F)c2cc(Br)ccc2N1. The summed E-state index contributed by atoms with van der Waals surface area (Å²) in [5.41, 5.74) is 11.1. The third-order valence-corrected chi connectivity index (χ3v) is 11.9. The van der Waals surface area contributed by atoms with Gasteiger partial charge in [-0.1, -0.05) is 77.3 Å². The van der Waals surface area contributed by atoms with Crippen LogP contribution in [0.3, 0.4) is 0 Å². The van der Waals surface area contributed by atoms with Crippen LogP contribution in [-0.2, 0) is 19.1 Å². The second-order valence-corrected chi connectivity index (χ2v) is 19.7. The van der Waals surface area contributed by atoms with E-state index in [2.05, 4.69) is 77.3 Å². The Labute approximate surface area is 414 Å². The molecule has 70 heavy (non-hydrogen) atoms. The molecule has 0 unspecified atom stereocenters. The van der Waals surface area contributed by atoms with Crippen LogP contribution in [0.5, 0.6) is 0 Å². The molecule has 4 heterocycles. The number of hydrogen-bond donors (Lipinski definition) is 3. The number of benzodiazepines with no additional fused rings is 3. The molecule has 0 aromatic heterocycles. The van der Waals surface area contributed by atoms with E-state index in [1.807, 2.05) is 24.3 Å². The van der Waals surface area contributed by atoms with Gasteiger partial charge in [0.1, 0.15) is 45.9 Å². The van der Waals surface area contributed by atoms with Gasteiger partial charge >= 0.3 is 0 Å². The summed E-state index contributed by atoms with van der Waals surface area (Å²) in [4.78, 5) is 48.1. The largest absolute Gasteiger partial charge is 0.381 e. The van der Waals surface area contributed by atoms with E-state index in [1.54, 1.807) is 84.9 Å². The van der Waals surface area contributed by atoms with Crippen molar-refractivity contribution in [2.45, 2.75) is 25.9 Å². The van der Waals surface area contributed by atoms with Crippen molar-refractivity contribution in [3.8, 4) is 23.8 Å². The Bertz CT molecular complexity index is 3160. The number of benzene rings is 6. The summed E-state index contributed by atoms with van der Waals surface area (Å²) in [7, 11) is -0.994. The Balaban J connectivity index is 0.000000147. The Morgan fingerprint density at radius 3 is 1.31 bits per heavy atom. The first kappa shape index (κ1) is 50.2. The number of carbonyl (C=O) groups is 3. The molecule has 1 saturated heterocycles. The van der Waals surface area contributed by atoms with Gasteiger partial charge in [0, 0.05) is 62.2 Å². The Morgan fingerprint density at radius 1 is 0.543 bits per heavy atom. The topological polar surface area (TPSA) is 134 Å². The molecule has 0 aliphatic carbocycles. The zero-order valence-corrected chi connectivity index (χ0v) is 41.0. The van der Waals surface area contributed by atoms with Crippen LogP contribution in [-0.4, -0.2) is 76.5 Å². The lowest BCUT2D eigenvalue weighted by molar-refractivity contribution is -0.115. The highest BCUT2D eigenvalue weighted by Gasteiger charge is 2.23. The average Bonchev–Trinajstić information content (AvgIpc) is 3.79. The molecule has 6 aromatic carbocycles. The zero-order valence-electron chi connectivity index (χ0n) is 38.2. The summed E-state index contributed by atoms with van der Waals surface area (Å²) >= 11 is 3.39. The van der Waals surface area contributed by atoms with Gasteiger partial charge in [0.2, 0.25) is 17.7 Å². The fraction of sp³-hybridized carbons (Fsp3) is 0.164. The first-order chi connectivity index (χ1) is 33.9. The van der Waals surface area contributed by atoms with Crippen molar-refractivity contribution in [3.63, 3.8) is 0 Å². The van der Waals surface area contributed by atoms with Gasteiger partial charge in [0.25, 0.3) is 0 Å². The lowest BCUT2D eigenvalue weighted by Crippen LogP contribution is -2.13. The monoisotopic (exact) mass is 1020 g/mol. The minimum absolute atomic E-state index is 0.0179. The first-order valence-electron chi connectivity index (χ1n) is 22.3. The quantitative estimate of drug-likeness (QED) is 0.120. The molecule has 0 atom stereocenters. The van der Waals surface area contributed by atoms with Gasteiger partial charge in [-0.25, -0.2) is 13.2 Å². The number of terminal acetylenes is 1. The molecule has 352 valence electrons. The van der Waals surface area contributed by atoms with Gasteiger partial charge in [-0.05, 0) is 104 Å². The maximum atomic E-state index is 14.2. The van der Waals surface area contributed by atoms with Crippen molar-refractivity contribution in [1.82, 2.24) is 0 Å². The molecule has 0 radical (unpaired) electrons. The third-order valence-electron chi connectivity index (χ3n) is 10.6. The molecular formula is C55H46BrF3N6O4Si. The number of nitrogens with one attached hydrogen (secondary N) is 3. The molecule has 4 aliphatic heterocycles. The Hall–Kier alpha value is -7.69. The van der Waals surface area contributed by atoms with Gasteiger partial charge < -0.3 is 20.7 Å². The van der Waals surface area contributed by atoms with Crippen molar-refractivity contribution in [2.24, 2.45) is 15.0 Å². The normalized spacial score (nSPS) is 14.4. The highest BCUT2D eigenvalue weighted by Crippen LogP contribution is 2.29. The predicted octanol–water partition coefficient (Wildman–Crippen LogP) is 9.76. The summed E-state index contributed by atoms with van der Waals surface area (Å²) in [6.45, 7) is 6.21. The molecule has 1 fully saturated rings. The van der Waals surface area contributed by atoms with E-state index in [4.69, 9.17) is 11.2 Å². The number of ether oxygens (including phenoxy) is 1. The van der Waals surface area contributed by atoms with Crippen LogP contribution in [0.4, 0.5) is 30.2 Å². The molecule has 10 nitrogen and oxygen atoms in total. The molecule has 10 rings (SSSR count). The fourth-order valence-electron chi connectivity index (χ4n) is 7.35. The van der Waals surface area contributed by atoms with Crippen molar-refractivity contribution in [1.29, 1.82) is 0 Å². The van der Waals surface area contributed by atoms with Gasteiger partial charge in [-0.15, -0.1) is 12.0 Å². The standard InChI is InChI=1S/C19H17FN2OSi.C17H11FN2O.C15H10BrFN2O.C4H8O/c1-24(2)10-9-13-7-8-17-15(11-13)19(21-12-18(23)22-17)14-5-3-4-6-16(14)20;1-2-11-7-8-15-13(9-11)17(19-10-16(21)20-15)12-5-3-4-6-14(12)18;16-9-5-6-13-11(7-9)15(18-8-14(20)19-13)10-3-1-2-4-12(10)17;1-2-4-5-3-1/h3-8,11,24H,12H2,1-2H3,(H,22,23);1,3-9H,10H2,(H,20,21);1-7H,8H2,(H,19,20);1-4H2. The van der Waals surface area contributed by atoms with Crippen LogP contribution in [0, 0.1) is 41.3 Å². The molecule has 3 amide bonds. The summed E-state index contributed by atoms with van der Waals surface area (Å²) in [6.07, 6.45) is 7.97. The molecular weight excluding hydrogens is 974 g/mol. The molecule has 3 N–H and O–H groups in total. The van der Waals surface area contributed by atoms with Crippen molar-refractivity contribution < 1.29 is 32.3 Å². The number of aliphatic imine (C=N–C) groups is 3.